The SMILES string of the molecule is CCCNC1CN(CCCOCCOC)S(=O)(=O)c2sc(S(N)(=O)=O)cc21.Cl. The van der Waals surface area contributed by atoms with Crippen LogP contribution in [0.25, 0.3) is 0 Å². The Balaban J connectivity index is 0.00000392. The highest BCUT2D eigenvalue weighted by atomic mass is 35.5. The maximum absolute atomic E-state index is 12.9. The molecule has 1 aliphatic rings. The summed E-state index contributed by atoms with van der Waals surface area (Å²) in [5, 5.41) is 8.50. The molecule has 1 aromatic rings. The average Bonchev–Trinajstić information content (AvgIpc) is 3.06. The minimum Gasteiger partial charge on any atom is -0.382 e. The summed E-state index contributed by atoms with van der Waals surface area (Å²) in [5.41, 5.74) is 0.477. The third-order valence-corrected chi connectivity index (χ3v) is 9.05. The van der Waals surface area contributed by atoms with Gasteiger partial charge in [0.1, 0.15) is 8.42 Å². The number of sulfonamides is 2. The molecule has 164 valence electrons. The van der Waals surface area contributed by atoms with Crippen LogP contribution in [0.3, 0.4) is 0 Å². The van der Waals surface area contributed by atoms with Crippen molar-refractivity contribution in [2.45, 2.75) is 34.2 Å². The van der Waals surface area contributed by atoms with Gasteiger partial charge in [-0.3, -0.25) is 0 Å². The Kier molecular flexibility index (Phi) is 10.3. The highest BCUT2D eigenvalue weighted by molar-refractivity contribution is 7.94. The number of nitrogens with one attached hydrogen (secondary N) is 1. The zero-order valence-corrected chi connectivity index (χ0v) is 19.2. The van der Waals surface area contributed by atoms with E-state index >= 15 is 0 Å². The van der Waals surface area contributed by atoms with E-state index in [-0.39, 0.29) is 33.4 Å². The molecule has 0 saturated heterocycles. The first kappa shape index (κ1) is 25.7. The standard InChI is InChI=1S/C15H27N3O6S3.ClH/c1-3-5-17-13-11-18(6-4-7-24-9-8-23-2)27(21,22)15-12(13)10-14(25-15)26(16,19)20;/h10,13,17H,3-9,11H2,1-2H3,(H2,16,19,20);1H. The molecule has 2 heterocycles. The van der Waals surface area contributed by atoms with Gasteiger partial charge in [0.2, 0.25) is 10.0 Å². The molecule has 3 N–H and O–H groups in total. The summed E-state index contributed by atoms with van der Waals surface area (Å²) >= 11 is 0.710. The van der Waals surface area contributed by atoms with Crippen LogP contribution in [-0.4, -0.2) is 67.7 Å². The van der Waals surface area contributed by atoms with Crippen LogP contribution in [0.1, 0.15) is 31.4 Å². The number of hydrogen-bond donors (Lipinski definition) is 2. The molecule has 0 aromatic carbocycles. The summed E-state index contributed by atoms with van der Waals surface area (Å²) in [4.78, 5) is 0. The topological polar surface area (TPSA) is 128 Å². The van der Waals surface area contributed by atoms with Crippen LogP contribution in [0.15, 0.2) is 14.5 Å². The van der Waals surface area contributed by atoms with E-state index < -0.39 is 20.0 Å². The van der Waals surface area contributed by atoms with Crippen molar-refractivity contribution >= 4 is 43.8 Å². The first-order valence-electron chi connectivity index (χ1n) is 8.68. The fourth-order valence-corrected chi connectivity index (χ4v) is 7.07. The number of fused-ring (bicyclic) bond motifs is 1. The Morgan fingerprint density at radius 1 is 1.36 bits per heavy atom. The van der Waals surface area contributed by atoms with Crippen molar-refractivity contribution < 1.29 is 26.3 Å². The summed E-state index contributed by atoms with van der Waals surface area (Å²) in [7, 11) is -6.14. The van der Waals surface area contributed by atoms with E-state index in [9.17, 15) is 16.8 Å². The zero-order chi connectivity index (χ0) is 20.1. The maximum atomic E-state index is 12.9. The van der Waals surface area contributed by atoms with E-state index in [2.05, 4.69) is 5.32 Å². The molecular weight excluding hydrogens is 450 g/mol. The van der Waals surface area contributed by atoms with Gasteiger partial charge in [-0.1, -0.05) is 6.92 Å². The fraction of sp³-hybridized carbons (Fsp3) is 0.733. The summed E-state index contributed by atoms with van der Waals surface area (Å²) in [6, 6.07) is 1.11. The van der Waals surface area contributed by atoms with Gasteiger partial charge in [-0.05, 0) is 25.5 Å². The first-order chi connectivity index (χ1) is 12.7. The normalized spacial score (nSPS) is 19.2. The first-order valence-corrected chi connectivity index (χ1v) is 12.5. The molecule has 0 fully saturated rings. The minimum atomic E-state index is -3.96. The Hall–Kier alpha value is -0.310. The molecule has 0 bridgehead atoms. The van der Waals surface area contributed by atoms with E-state index in [4.69, 9.17) is 14.6 Å². The van der Waals surface area contributed by atoms with Gasteiger partial charge in [0, 0.05) is 38.4 Å². The molecule has 0 aliphatic carbocycles. The smallest absolute Gasteiger partial charge is 0.252 e. The van der Waals surface area contributed by atoms with Crippen molar-refractivity contribution in [1.29, 1.82) is 0 Å². The predicted octanol–water partition coefficient (Wildman–Crippen LogP) is 0.915. The number of primary sulfonamides is 1. The summed E-state index contributed by atoms with van der Waals surface area (Å²) in [5.74, 6) is 0. The number of nitrogens with zero attached hydrogens (tertiary/aromatic N) is 1. The fourth-order valence-electron chi connectivity index (χ4n) is 2.76. The zero-order valence-electron chi connectivity index (χ0n) is 15.9. The number of methoxy groups -OCH3 is 1. The Morgan fingerprint density at radius 2 is 2.07 bits per heavy atom. The summed E-state index contributed by atoms with van der Waals surface area (Å²) < 4.78 is 60.8. The van der Waals surface area contributed by atoms with Crippen LogP contribution in [0.2, 0.25) is 0 Å². The highest BCUT2D eigenvalue weighted by Gasteiger charge is 2.39. The Morgan fingerprint density at radius 3 is 2.68 bits per heavy atom. The van der Waals surface area contributed by atoms with Gasteiger partial charge in [-0.25, -0.2) is 22.0 Å². The number of nitrogens with two attached hydrogens (primary N) is 1. The van der Waals surface area contributed by atoms with Crippen LogP contribution < -0.4 is 10.5 Å². The van der Waals surface area contributed by atoms with E-state index in [1.807, 2.05) is 6.92 Å². The van der Waals surface area contributed by atoms with E-state index in [1.165, 1.54) is 10.4 Å². The molecule has 13 heteroatoms. The number of hydrogen-bond acceptors (Lipinski definition) is 8. The highest BCUT2D eigenvalue weighted by Crippen LogP contribution is 2.39. The van der Waals surface area contributed by atoms with Crippen molar-refractivity contribution in [3.63, 3.8) is 0 Å². The number of thiophene rings is 1. The summed E-state index contributed by atoms with van der Waals surface area (Å²) in [6.45, 7) is 4.60. The second kappa shape index (κ2) is 11.2. The van der Waals surface area contributed by atoms with Crippen LogP contribution in [0, 0.1) is 0 Å². The second-order valence-corrected chi connectivity index (χ2v) is 11.2. The predicted molar refractivity (Wildman–Crippen MR) is 110 cm³/mol. The van der Waals surface area contributed by atoms with Crippen molar-refractivity contribution in [3.8, 4) is 0 Å². The molecule has 0 spiro atoms. The van der Waals surface area contributed by atoms with Crippen LogP contribution in [0.5, 0.6) is 0 Å². The molecule has 2 rings (SSSR count). The molecule has 1 unspecified atom stereocenters. The van der Waals surface area contributed by atoms with Gasteiger partial charge in [0.25, 0.3) is 10.0 Å². The minimum absolute atomic E-state index is 0. The number of rotatable bonds is 11. The molecule has 9 nitrogen and oxygen atoms in total. The maximum Gasteiger partial charge on any atom is 0.252 e. The summed E-state index contributed by atoms with van der Waals surface area (Å²) in [6.07, 6.45) is 1.41. The molecular formula is C15H28ClN3O6S3. The molecule has 28 heavy (non-hydrogen) atoms. The van der Waals surface area contributed by atoms with Crippen molar-refractivity contribution in [2.75, 3.05) is 46.6 Å². The van der Waals surface area contributed by atoms with Gasteiger partial charge >= 0.3 is 0 Å². The van der Waals surface area contributed by atoms with Crippen molar-refractivity contribution in [2.24, 2.45) is 5.14 Å². The Labute approximate surface area is 177 Å². The average molecular weight is 478 g/mol. The van der Waals surface area contributed by atoms with Crippen LogP contribution >= 0.6 is 23.7 Å². The lowest BCUT2D eigenvalue weighted by Crippen LogP contribution is -2.44. The number of halogens is 1. The lowest BCUT2D eigenvalue weighted by Gasteiger charge is -2.32. The lowest BCUT2D eigenvalue weighted by atomic mass is 10.1. The molecule has 0 radical (unpaired) electrons. The van der Waals surface area contributed by atoms with E-state index in [0.717, 1.165) is 6.42 Å². The second-order valence-electron chi connectivity index (χ2n) is 6.18. The molecule has 1 atom stereocenters. The van der Waals surface area contributed by atoms with Gasteiger partial charge < -0.3 is 14.8 Å². The van der Waals surface area contributed by atoms with Crippen molar-refractivity contribution in [1.82, 2.24) is 9.62 Å². The molecule has 1 aromatic heterocycles. The third-order valence-electron chi connectivity index (χ3n) is 4.09. The van der Waals surface area contributed by atoms with Gasteiger partial charge in [0.05, 0.1) is 13.2 Å². The molecule has 0 amide bonds. The quantitative estimate of drug-likeness (QED) is 0.453. The third kappa shape index (κ3) is 6.34. The monoisotopic (exact) mass is 477 g/mol. The largest absolute Gasteiger partial charge is 0.382 e. The van der Waals surface area contributed by atoms with Gasteiger partial charge in [-0.15, -0.1) is 23.7 Å². The van der Waals surface area contributed by atoms with Crippen LogP contribution in [0.4, 0.5) is 0 Å². The number of ether oxygens (including phenoxy) is 2. The Bertz CT molecular complexity index is 828. The van der Waals surface area contributed by atoms with E-state index in [1.54, 1.807) is 7.11 Å². The molecule has 0 saturated carbocycles. The molecule has 1 aliphatic heterocycles. The lowest BCUT2D eigenvalue weighted by molar-refractivity contribution is 0.0675. The van der Waals surface area contributed by atoms with Gasteiger partial charge in [0.15, 0.2) is 0 Å². The van der Waals surface area contributed by atoms with Gasteiger partial charge in [-0.2, -0.15) is 4.31 Å². The van der Waals surface area contributed by atoms with Crippen LogP contribution in [-0.2, 0) is 29.5 Å². The van der Waals surface area contributed by atoms with E-state index in [0.29, 0.717) is 56.2 Å². The van der Waals surface area contributed by atoms with Crippen molar-refractivity contribution in [3.05, 3.63) is 11.6 Å².